The quantitative estimate of drug-likeness (QED) is 0.481. The van der Waals surface area contributed by atoms with Crippen LogP contribution >= 0.6 is 11.8 Å². The third-order valence-corrected chi connectivity index (χ3v) is 6.24. The second kappa shape index (κ2) is 8.54. The van der Waals surface area contributed by atoms with Crippen molar-refractivity contribution in [2.45, 2.75) is 10.8 Å². The number of anilines is 1. The number of para-hydroxylation sites is 1. The zero-order valence-corrected chi connectivity index (χ0v) is 17.1. The molecule has 0 bridgehead atoms. The van der Waals surface area contributed by atoms with Crippen LogP contribution in [0.2, 0.25) is 0 Å². The van der Waals surface area contributed by atoms with Gasteiger partial charge in [0.15, 0.2) is 0 Å². The average molecular weight is 398 g/mol. The Bertz CT molecular complexity index is 963. The summed E-state index contributed by atoms with van der Waals surface area (Å²) in [5, 5.41) is -0.164. The van der Waals surface area contributed by atoms with Crippen LogP contribution in [-0.4, -0.2) is 23.0 Å². The van der Waals surface area contributed by atoms with Crippen LogP contribution in [0.25, 0.3) is 12.2 Å². The van der Waals surface area contributed by atoms with E-state index in [4.69, 9.17) is 0 Å². The SMILES string of the molecule is CS[C@H]1C(=O)N(c2ccccc2)C1(/C=C/c1ccccc1)/C=C/c1ccccc1. The number of thioether (sulfide) groups is 1. The summed E-state index contributed by atoms with van der Waals surface area (Å²) in [5.74, 6) is 0.138. The first-order valence-corrected chi connectivity index (χ1v) is 10.9. The molecule has 0 radical (unpaired) electrons. The molecule has 144 valence electrons. The van der Waals surface area contributed by atoms with E-state index >= 15 is 0 Å². The predicted molar refractivity (Wildman–Crippen MR) is 125 cm³/mol. The van der Waals surface area contributed by atoms with Gasteiger partial charge in [-0.05, 0) is 29.5 Å². The molecule has 1 aliphatic heterocycles. The van der Waals surface area contributed by atoms with E-state index in [0.717, 1.165) is 16.8 Å². The topological polar surface area (TPSA) is 20.3 Å². The Morgan fingerprint density at radius 1 is 0.759 bits per heavy atom. The Morgan fingerprint density at radius 2 is 1.21 bits per heavy atom. The summed E-state index contributed by atoms with van der Waals surface area (Å²) < 4.78 is 0. The van der Waals surface area contributed by atoms with Crippen molar-refractivity contribution >= 4 is 35.5 Å². The van der Waals surface area contributed by atoms with Crippen LogP contribution in [0.3, 0.4) is 0 Å². The minimum atomic E-state index is -0.524. The number of nitrogens with zero attached hydrogens (tertiary/aromatic N) is 1. The van der Waals surface area contributed by atoms with E-state index in [1.54, 1.807) is 11.8 Å². The van der Waals surface area contributed by atoms with Crippen LogP contribution in [-0.2, 0) is 4.79 Å². The fourth-order valence-electron chi connectivity index (χ4n) is 3.74. The van der Waals surface area contributed by atoms with Crippen molar-refractivity contribution in [2.24, 2.45) is 0 Å². The van der Waals surface area contributed by atoms with Gasteiger partial charge in [0.2, 0.25) is 5.91 Å². The van der Waals surface area contributed by atoms with Crippen molar-refractivity contribution in [2.75, 3.05) is 11.2 Å². The molecule has 0 saturated carbocycles. The third kappa shape index (κ3) is 3.79. The highest BCUT2D eigenvalue weighted by Crippen LogP contribution is 2.45. The van der Waals surface area contributed by atoms with Gasteiger partial charge >= 0.3 is 0 Å². The van der Waals surface area contributed by atoms with Crippen molar-refractivity contribution in [3.63, 3.8) is 0 Å². The molecule has 2 nitrogen and oxygen atoms in total. The van der Waals surface area contributed by atoms with E-state index in [1.807, 2.05) is 77.9 Å². The predicted octanol–water partition coefficient (Wildman–Crippen LogP) is 5.93. The summed E-state index contributed by atoms with van der Waals surface area (Å²) in [5.41, 5.74) is 2.63. The van der Waals surface area contributed by atoms with Crippen LogP contribution in [0.15, 0.2) is 103 Å². The lowest BCUT2D eigenvalue weighted by Crippen LogP contribution is -2.71. The number of carbonyl (C=O) groups excluding carboxylic acids is 1. The van der Waals surface area contributed by atoms with Gasteiger partial charge in [-0.2, -0.15) is 0 Å². The van der Waals surface area contributed by atoms with Crippen LogP contribution < -0.4 is 4.90 Å². The summed E-state index contributed by atoms with van der Waals surface area (Å²) in [6.45, 7) is 0. The number of rotatable bonds is 6. The second-order valence-corrected chi connectivity index (χ2v) is 7.94. The van der Waals surface area contributed by atoms with Crippen LogP contribution in [0.1, 0.15) is 11.1 Å². The van der Waals surface area contributed by atoms with E-state index in [-0.39, 0.29) is 11.2 Å². The maximum absolute atomic E-state index is 13.1. The van der Waals surface area contributed by atoms with Gasteiger partial charge in [0, 0.05) is 5.69 Å². The van der Waals surface area contributed by atoms with Gasteiger partial charge in [-0.3, -0.25) is 9.69 Å². The standard InChI is InChI=1S/C26H23NOS/c1-29-24-25(28)27(23-15-9-4-10-16-23)26(24,19-17-21-11-5-2-6-12-21)20-18-22-13-7-3-8-14-22/h2-20,24H,1H3/b19-17+,20-18+/t24-/m0/s1. The Morgan fingerprint density at radius 3 is 1.66 bits per heavy atom. The number of carbonyl (C=O) groups is 1. The van der Waals surface area contributed by atoms with Crippen LogP contribution in [0.5, 0.6) is 0 Å². The molecule has 0 aromatic heterocycles. The lowest BCUT2D eigenvalue weighted by atomic mass is 9.80. The van der Waals surface area contributed by atoms with Gasteiger partial charge in [-0.25, -0.2) is 0 Å². The van der Waals surface area contributed by atoms with Crippen molar-refractivity contribution in [1.82, 2.24) is 0 Å². The molecule has 3 aromatic rings. The van der Waals surface area contributed by atoms with Gasteiger partial charge in [0.25, 0.3) is 0 Å². The molecule has 0 spiro atoms. The minimum Gasteiger partial charge on any atom is -0.297 e. The summed E-state index contributed by atoms with van der Waals surface area (Å²) >= 11 is 1.60. The van der Waals surface area contributed by atoms with E-state index < -0.39 is 5.54 Å². The molecule has 0 unspecified atom stereocenters. The Balaban J connectivity index is 1.80. The van der Waals surface area contributed by atoms with Gasteiger partial charge in [0.05, 0.1) is 0 Å². The number of hydrogen-bond donors (Lipinski definition) is 0. The normalized spacial score (nSPS) is 18.3. The van der Waals surface area contributed by atoms with E-state index in [2.05, 4.69) is 48.6 Å². The molecule has 0 N–H and O–H groups in total. The highest BCUT2D eigenvalue weighted by atomic mass is 32.2. The molecule has 1 aliphatic rings. The van der Waals surface area contributed by atoms with E-state index in [0.29, 0.717) is 0 Å². The molecule has 1 atom stereocenters. The largest absolute Gasteiger partial charge is 0.297 e. The van der Waals surface area contributed by atoms with Crippen molar-refractivity contribution in [3.8, 4) is 0 Å². The lowest BCUT2D eigenvalue weighted by molar-refractivity contribution is -0.124. The molecule has 3 heteroatoms. The number of hydrogen-bond acceptors (Lipinski definition) is 2. The summed E-state index contributed by atoms with van der Waals surface area (Å²) in [6.07, 6.45) is 10.6. The second-order valence-electron chi connectivity index (χ2n) is 7.00. The molecule has 1 amide bonds. The molecule has 1 saturated heterocycles. The molecule has 29 heavy (non-hydrogen) atoms. The molecular formula is C26H23NOS. The van der Waals surface area contributed by atoms with Gasteiger partial charge in [0.1, 0.15) is 10.8 Å². The molecule has 3 aromatic carbocycles. The van der Waals surface area contributed by atoms with Crippen molar-refractivity contribution < 1.29 is 4.79 Å². The number of amides is 1. The fraction of sp³-hybridized carbons (Fsp3) is 0.115. The monoisotopic (exact) mass is 397 g/mol. The highest BCUT2D eigenvalue weighted by Gasteiger charge is 2.57. The number of β-lactam (4-membered cyclic amide) rings is 1. The maximum Gasteiger partial charge on any atom is 0.244 e. The summed E-state index contributed by atoms with van der Waals surface area (Å²) in [4.78, 5) is 15.0. The first-order chi connectivity index (χ1) is 14.2. The molecular weight excluding hydrogens is 374 g/mol. The van der Waals surface area contributed by atoms with Gasteiger partial charge in [-0.1, -0.05) is 103 Å². The van der Waals surface area contributed by atoms with Crippen molar-refractivity contribution in [1.29, 1.82) is 0 Å². The maximum atomic E-state index is 13.1. The molecule has 1 fully saturated rings. The van der Waals surface area contributed by atoms with Crippen LogP contribution in [0, 0.1) is 0 Å². The average Bonchev–Trinajstić information content (AvgIpc) is 2.78. The Hall–Kier alpha value is -3.04. The third-order valence-electron chi connectivity index (χ3n) is 5.19. The highest BCUT2D eigenvalue weighted by molar-refractivity contribution is 8.00. The number of benzene rings is 3. The Labute approximate surface area is 176 Å². The van der Waals surface area contributed by atoms with Crippen LogP contribution in [0.4, 0.5) is 5.69 Å². The van der Waals surface area contributed by atoms with Gasteiger partial charge in [-0.15, -0.1) is 11.8 Å². The lowest BCUT2D eigenvalue weighted by Gasteiger charge is -2.54. The van der Waals surface area contributed by atoms with Gasteiger partial charge < -0.3 is 0 Å². The molecule has 4 rings (SSSR count). The zero-order valence-electron chi connectivity index (χ0n) is 16.3. The minimum absolute atomic E-state index is 0.138. The fourth-order valence-corrected chi connectivity index (χ4v) is 4.69. The molecule has 0 aliphatic carbocycles. The summed E-state index contributed by atoms with van der Waals surface area (Å²) in [7, 11) is 0. The smallest absolute Gasteiger partial charge is 0.244 e. The summed E-state index contributed by atoms with van der Waals surface area (Å²) in [6, 6.07) is 30.3. The first kappa shape index (κ1) is 19.3. The Kier molecular flexibility index (Phi) is 5.68. The first-order valence-electron chi connectivity index (χ1n) is 9.65. The molecule has 1 heterocycles. The van der Waals surface area contributed by atoms with E-state index in [9.17, 15) is 4.79 Å². The van der Waals surface area contributed by atoms with Crippen molar-refractivity contribution in [3.05, 3.63) is 114 Å². The zero-order chi connectivity index (χ0) is 20.1. The van der Waals surface area contributed by atoms with E-state index in [1.165, 1.54) is 0 Å².